The van der Waals surface area contributed by atoms with E-state index in [-0.39, 0.29) is 0 Å². The van der Waals surface area contributed by atoms with Gasteiger partial charge in [-0.25, -0.2) is 0 Å². The third kappa shape index (κ3) is 4.31. The molecule has 0 saturated heterocycles. The summed E-state index contributed by atoms with van der Waals surface area (Å²) in [5, 5.41) is 0. The average Bonchev–Trinajstić information content (AvgIpc) is 2.57. The predicted octanol–water partition coefficient (Wildman–Crippen LogP) is 2.65. The van der Waals surface area contributed by atoms with E-state index in [2.05, 4.69) is 37.3 Å². The molecular weight excluding hydrogens is 136 g/mol. The lowest BCUT2D eigenvalue weighted by atomic mass is 10.2. The van der Waals surface area contributed by atoms with E-state index >= 15 is 0 Å². The van der Waals surface area contributed by atoms with Crippen LogP contribution < -0.4 is 0 Å². The second-order valence-electron chi connectivity index (χ2n) is 2.18. The number of hydrogen-bond acceptors (Lipinski definition) is 1. The number of carbonyl (C=O) groups excluding carboxylic acids is 1. The molecule has 1 nitrogen and oxygen atoms in total. The van der Waals surface area contributed by atoms with E-state index in [4.69, 9.17) is 4.79 Å². The van der Waals surface area contributed by atoms with Crippen LogP contribution in [0, 0.1) is 0 Å². The van der Waals surface area contributed by atoms with Gasteiger partial charge in [-0.05, 0) is 18.4 Å². The van der Waals surface area contributed by atoms with Crippen LogP contribution in [0.3, 0.4) is 0 Å². The SMILES string of the molecule is C=O.CC/C=C/C1=CC=CC1. The van der Waals surface area contributed by atoms with E-state index < -0.39 is 0 Å². The first-order chi connectivity index (χ1) is 5.43. The third-order valence-electron chi connectivity index (χ3n) is 1.37. The summed E-state index contributed by atoms with van der Waals surface area (Å²) in [5.41, 5.74) is 1.43. The Morgan fingerprint density at radius 2 is 2.36 bits per heavy atom. The average molecular weight is 150 g/mol. The minimum absolute atomic E-state index is 1.12. The summed E-state index contributed by atoms with van der Waals surface area (Å²) in [4.78, 5) is 8.00. The van der Waals surface area contributed by atoms with E-state index in [1.807, 2.05) is 6.79 Å². The Bertz CT molecular complexity index is 175. The largest absolute Gasteiger partial charge is 0.307 e. The Kier molecular flexibility index (Phi) is 6.30. The fraction of sp³-hybridized carbons (Fsp3) is 0.300. The zero-order chi connectivity index (χ0) is 8.53. The van der Waals surface area contributed by atoms with Crippen LogP contribution in [0.15, 0.2) is 36.0 Å². The Morgan fingerprint density at radius 1 is 1.64 bits per heavy atom. The van der Waals surface area contributed by atoms with E-state index in [1.165, 1.54) is 5.57 Å². The van der Waals surface area contributed by atoms with Crippen molar-refractivity contribution < 1.29 is 4.79 Å². The summed E-state index contributed by atoms with van der Waals surface area (Å²) < 4.78 is 0. The molecule has 1 aliphatic rings. The molecule has 0 saturated carbocycles. The first-order valence-electron chi connectivity index (χ1n) is 3.74. The second kappa shape index (κ2) is 7.00. The Labute approximate surface area is 68.1 Å². The minimum atomic E-state index is 1.12. The summed E-state index contributed by atoms with van der Waals surface area (Å²) in [6, 6.07) is 0. The van der Waals surface area contributed by atoms with Gasteiger partial charge >= 0.3 is 0 Å². The maximum atomic E-state index is 8.00. The fourth-order valence-electron chi connectivity index (χ4n) is 0.857. The van der Waals surface area contributed by atoms with Crippen molar-refractivity contribution in [2.75, 3.05) is 0 Å². The lowest BCUT2D eigenvalue weighted by molar-refractivity contribution is -0.0979. The molecular formula is C10H14O. The van der Waals surface area contributed by atoms with Crippen molar-refractivity contribution in [3.05, 3.63) is 36.0 Å². The van der Waals surface area contributed by atoms with E-state index in [9.17, 15) is 0 Å². The highest BCUT2D eigenvalue weighted by molar-refractivity contribution is 5.31. The molecule has 60 valence electrons. The van der Waals surface area contributed by atoms with Gasteiger partial charge in [0.15, 0.2) is 0 Å². The Hall–Kier alpha value is -1.11. The van der Waals surface area contributed by atoms with Gasteiger partial charge in [0.05, 0.1) is 0 Å². The van der Waals surface area contributed by atoms with Gasteiger partial charge in [0.2, 0.25) is 0 Å². The number of rotatable bonds is 2. The maximum Gasteiger partial charge on any atom is 0.106 e. The van der Waals surface area contributed by atoms with Crippen molar-refractivity contribution in [1.82, 2.24) is 0 Å². The molecule has 0 atom stereocenters. The number of hydrogen-bond donors (Lipinski definition) is 0. The predicted molar refractivity (Wildman–Crippen MR) is 48.4 cm³/mol. The summed E-state index contributed by atoms with van der Waals surface area (Å²) in [7, 11) is 0. The molecule has 1 rings (SSSR count). The first kappa shape index (κ1) is 9.89. The van der Waals surface area contributed by atoms with Gasteiger partial charge in [0.25, 0.3) is 0 Å². The molecule has 0 bridgehead atoms. The molecule has 0 aliphatic heterocycles. The topological polar surface area (TPSA) is 17.1 Å². The van der Waals surface area contributed by atoms with Crippen molar-refractivity contribution in [3.8, 4) is 0 Å². The molecule has 0 aromatic rings. The highest BCUT2D eigenvalue weighted by Gasteiger charge is 1.90. The van der Waals surface area contributed by atoms with Crippen molar-refractivity contribution in [2.45, 2.75) is 19.8 Å². The number of allylic oxidation sites excluding steroid dienone is 6. The van der Waals surface area contributed by atoms with Gasteiger partial charge in [0.1, 0.15) is 6.79 Å². The van der Waals surface area contributed by atoms with Crippen LogP contribution in [0.4, 0.5) is 0 Å². The zero-order valence-electron chi connectivity index (χ0n) is 6.92. The maximum absolute atomic E-state index is 8.00. The van der Waals surface area contributed by atoms with Crippen molar-refractivity contribution in [1.29, 1.82) is 0 Å². The summed E-state index contributed by atoms with van der Waals surface area (Å²) in [6.45, 7) is 4.15. The van der Waals surface area contributed by atoms with Crippen LogP contribution >= 0.6 is 0 Å². The zero-order valence-corrected chi connectivity index (χ0v) is 6.92. The highest BCUT2D eigenvalue weighted by atomic mass is 16.1. The summed E-state index contributed by atoms with van der Waals surface area (Å²) in [5.74, 6) is 0. The Morgan fingerprint density at radius 3 is 2.82 bits per heavy atom. The lowest BCUT2D eigenvalue weighted by Gasteiger charge is -1.87. The molecule has 0 heterocycles. The molecule has 11 heavy (non-hydrogen) atoms. The standard InChI is InChI=1S/C9H12.CH2O/c1-2-3-6-9-7-4-5-8-9;1-2/h3-7H,2,8H2,1H3;1H2/b6-3+;. The van der Waals surface area contributed by atoms with Gasteiger partial charge in [-0.15, -0.1) is 0 Å². The van der Waals surface area contributed by atoms with Gasteiger partial charge in [-0.3, -0.25) is 0 Å². The normalized spacial score (nSPS) is 14.5. The first-order valence-corrected chi connectivity index (χ1v) is 3.74. The monoisotopic (exact) mass is 150 g/mol. The van der Waals surface area contributed by atoms with E-state index in [0.29, 0.717) is 0 Å². The quantitative estimate of drug-likeness (QED) is 0.591. The van der Waals surface area contributed by atoms with Gasteiger partial charge in [-0.1, -0.05) is 37.3 Å². The van der Waals surface area contributed by atoms with E-state index in [0.717, 1.165) is 12.8 Å². The number of carbonyl (C=O) groups is 1. The molecule has 0 N–H and O–H groups in total. The van der Waals surface area contributed by atoms with Crippen LogP contribution in [0.1, 0.15) is 19.8 Å². The molecule has 1 heteroatoms. The van der Waals surface area contributed by atoms with Crippen LogP contribution in [-0.2, 0) is 4.79 Å². The lowest BCUT2D eigenvalue weighted by Crippen LogP contribution is -1.67. The van der Waals surface area contributed by atoms with Crippen molar-refractivity contribution in [2.24, 2.45) is 0 Å². The molecule has 0 unspecified atom stereocenters. The van der Waals surface area contributed by atoms with Crippen molar-refractivity contribution >= 4 is 6.79 Å². The minimum Gasteiger partial charge on any atom is -0.307 e. The molecule has 0 spiro atoms. The van der Waals surface area contributed by atoms with Gasteiger partial charge < -0.3 is 4.79 Å². The Balaban J connectivity index is 0.000000461. The summed E-state index contributed by atoms with van der Waals surface area (Å²) in [6.07, 6.45) is 13.1. The molecule has 0 amide bonds. The molecule has 0 aromatic heterocycles. The van der Waals surface area contributed by atoms with Crippen LogP contribution in [0.2, 0.25) is 0 Å². The molecule has 0 fully saturated rings. The molecule has 0 aromatic carbocycles. The van der Waals surface area contributed by atoms with Gasteiger partial charge in [-0.2, -0.15) is 0 Å². The van der Waals surface area contributed by atoms with Crippen LogP contribution in [-0.4, -0.2) is 6.79 Å². The van der Waals surface area contributed by atoms with Crippen LogP contribution in [0.25, 0.3) is 0 Å². The smallest absolute Gasteiger partial charge is 0.106 e. The second-order valence-corrected chi connectivity index (χ2v) is 2.18. The highest BCUT2D eigenvalue weighted by Crippen LogP contribution is 2.11. The van der Waals surface area contributed by atoms with Crippen molar-refractivity contribution in [3.63, 3.8) is 0 Å². The summed E-state index contributed by atoms with van der Waals surface area (Å²) >= 11 is 0. The van der Waals surface area contributed by atoms with E-state index in [1.54, 1.807) is 0 Å². The van der Waals surface area contributed by atoms with Gasteiger partial charge in [0, 0.05) is 0 Å². The molecule has 1 aliphatic carbocycles. The van der Waals surface area contributed by atoms with Crippen LogP contribution in [0.5, 0.6) is 0 Å². The molecule has 0 radical (unpaired) electrons. The third-order valence-corrected chi connectivity index (χ3v) is 1.37. The fourth-order valence-corrected chi connectivity index (χ4v) is 0.857.